The summed E-state index contributed by atoms with van der Waals surface area (Å²) in [7, 11) is 1.67. The van der Waals surface area contributed by atoms with Crippen LogP contribution >= 0.6 is 11.3 Å². The quantitative estimate of drug-likeness (QED) is 0.746. The van der Waals surface area contributed by atoms with Gasteiger partial charge in [0.1, 0.15) is 0 Å². The first-order valence-electron chi connectivity index (χ1n) is 6.76. The van der Waals surface area contributed by atoms with Crippen molar-refractivity contribution in [1.29, 1.82) is 0 Å². The molecule has 3 aromatic rings. The molecule has 21 heavy (non-hydrogen) atoms. The number of amides is 1. The SMILES string of the molecule is COCCn1c(=NC(C)=O)sc2c3ccccc3ccc21. The molecule has 0 aliphatic rings. The lowest BCUT2D eigenvalue weighted by Gasteiger charge is -2.05. The van der Waals surface area contributed by atoms with Crippen LogP contribution in [0.5, 0.6) is 0 Å². The van der Waals surface area contributed by atoms with E-state index in [1.807, 2.05) is 12.1 Å². The summed E-state index contributed by atoms with van der Waals surface area (Å²) in [5.74, 6) is -0.183. The van der Waals surface area contributed by atoms with Crippen molar-refractivity contribution in [3.8, 4) is 0 Å². The van der Waals surface area contributed by atoms with E-state index in [9.17, 15) is 4.79 Å². The number of carbonyl (C=O) groups is 1. The summed E-state index contributed by atoms with van der Waals surface area (Å²) in [6, 6.07) is 12.4. The Labute approximate surface area is 126 Å². The number of methoxy groups -OCH3 is 1. The largest absolute Gasteiger partial charge is 0.383 e. The molecular weight excluding hydrogens is 284 g/mol. The smallest absolute Gasteiger partial charge is 0.245 e. The van der Waals surface area contributed by atoms with Gasteiger partial charge in [-0.25, -0.2) is 0 Å². The molecule has 0 saturated carbocycles. The van der Waals surface area contributed by atoms with Gasteiger partial charge in [-0.2, -0.15) is 4.99 Å². The van der Waals surface area contributed by atoms with E-state index in [1.54, 1.807) is 18.4 Å². The number of aromatic nitrogens is 1. The third-order valence-electron chi connectivity index (χ3n) is 3.35. The molecule has 108 valence electrons. The van der Waals surface area contributed by atoms with Gasteiger partial charge in [-0.3, -0.25) is 4.79 Å². The molecule has 5 heteroatoms. The van der Waals surface area contributed by atoms with Crippen LogP contribution in [0.15, 0.2) is 41.4 Å². The average molecular weight is 300 g/mol. The maximum atomic E-state index is 11.4. The molecule has 0 aliphatic heterocycles. The summed E-state index contributed by atoms with van der Waals surface area (Å²) in [5, 5.41) is 2.38. The minimum absolute atomic E-state index is 0.183. The molecule has 0 fully saturated rings. The molecule has 0 unspecified atom stereocenters. The zero-order valence-corrected chi connectivity index (χ0v) is 12.8. The van der Waals surface area contributed by atoms with Gasteiger partial charge in [0.2, 0.25) is 5.91 Å². The van der Waals surface area contributed by atoms with Crippen molar-refractivity contribution < 1.29 is 9.53 Å². The average Bonchev–Trinajstić information content (AvgIpc) is 2.82. The van der Waals surface area contributed by atoms with Crippen LogP contribution in [0.25, 0.3) is 21.0 Å². The summed E-state index contributed by atoms with van der Waals surface area (Å²) in [4.78, 5) is 16.2. The number of fused-ring (bicyclic) bond motifs is 3. The molecule has 2 aromatic carbocycles. The van der Waals surface area contributed by atoms with Gasteiger partial charge in [-0.05, 0) is 11.5 Å². The van der Waals surface area contributed by atoms with Crippen molar-refractivity contribution in [2.24, 2.45) is 4.99 Å². The van der Waals surface area contributed by atoms with Gasteiger partial charge in [0.15, 0.2) is 4.80 Å². The highest BCUT2D eigenvalue weighted by Crippen LogP contribution is 2.27. The third-order valence-corrected chi connectivity index (χ3v) is 4.47. The molecule has 0 radical (unpaired) electrons. The molecule has 0 bridgehead atoms. The standard InChI is InChI=1S/C16H16N2O2S/c1-11(19)17-16-18(9-10-20-2)14-8-7-12-5-3-4-6-13(12)15(14)21-16/h3-8H,9-10H2,1-2H3. The minimum Gasteiger partial charge on any atom is -0.383 e. The van der Waals surface area contributed by atoms with E-state index < -0.39 is 0 Å². The maximum absolute atomic E-state index is 11.4. The highest BCUT2D eigenvalue weighted by molar-refractivity contribution is 7.17. The van der Waals surface area contributed by atoms with E-state index in [-0.39, 0.29) is 5.91 Å². The Morgan fingerprint density at radius 1 is 1.29 bits per heavy atom. The fourth-order valence-corrected chi connectivity index (χ4v) is 3.65. The van der Waals surface area contributed by atoms with Crippen molar-refractivity contribution in [1.82, 2.24) is 4.57 Å². The van der Waals surface area contributed by atoms with Gasteiger partial charge >= 0.3 is 0 Å². The Bertz CT molecular complexity index is 877. The summed E-state index contributed by atoms with van der Waals surface area (Å²) < 4.78 is 8.38. The van der Waals surface area contributed by atoms with Crippen LogP contribution in [0.3, 0.4) is 0 Å². The van der Waals surface area contributed by atoms with Crippen LogP contribution in [0.1, 0.15) is 6.92 Å². The Morgan fingerprint density at radius 2 is 2.10 bits per heavy atom. The molecule has 1 heterocycles. The first-order valence-corrected chi connectivity index (χ1v) is 7.57. The minimum atomic E-state index is -0.183. The van der Waals surface area contributed by atoms with Crippen LogP contribution in [0.4, 0.5) is 0 Å². The number of nitrogens with zero attached hydrogens (tertiary/aromatic N) is 2. The number of hydrogen-bond donors (Lipinski definition) is 0. The Balaban J connectivity index is 2.35. The number of rotatable bonds is 3. The van der Waals surface area contributed by atoms with E-state index in [0.29, 0.717) is 13.2 Å². The fourth-order valence-electron chi connectivity index (χ4n) is 2.42. The lowest BCUT2D eigenvalue weighted by atomic mass is 10.1. The second-order valence-electron chi connectivity index (χ2n) is 4.79. The second kappa shape index (κ2) is 5.79. The number of hydrogen-bond acceptors (Lipinski definition) is 3. The van der Waals surface area contributed by atoms with Crippen LogP contribution in [0, 0.1) is 0 Å². The van der Waals surface area contributed by atoms with Crippen LogP contribution in [-0.2, 0) is 16.1 Å². The van der Waals surface area contributed by atoms with Crippen LogP contribution < -0.4 is 4.80 Å². The van der Waals surface area contributed by atoms with Gasteiger partial charge in [-0.1, -0.05) is 41.7 Å². The fraction of sp³-hybridized carbons (Fsp3) is 0.250. The first kappa shape index (κ1) is 14.0. The van der Waals surface area contributed by atoms with Gasteiger partial charge < -0.3 is 9.30 Å². The summed E-state index contributed by atoms with van der Waals surface area (Å²) in [6.45, 7) is 2.74. The molecule has 0 aliphatic carbocycles. The summed E-state index contributed by atoms with van der Waals surface area (Å²) in [6.07, 6.45) is 0. The number of benzene rings is 2. The van der Waals surface area contributed by atoms with E-state index in [0.717, 1.165) is 15.0 Å². The van der Waals surface area contributed by atoms with E-state index in [2.05, 4.69) is 33.8 Å². The molecule has 4 nitrogen and oxygen atoms in total. The van der Waals surface area contributed by atoms with Crippen LogP contribution in [-0.4, -0.2) is 24.2 Å². The van der Waals surface area contributed by atoms with E-state index in [4.69, 9.17) is 4.74 Å². The zero-order chi connectivity index (χ0) is 14.8. The molecule has 0 saturated heterocycles. The van der Waals surface area contributed by atoms with Gasteiger partial charge in [0.05, 0.1) is 16.8 Å². The molecule has 0 atom stereocenters. The predicted molar refractivity (Wildman–Crippen MR) is 85.4 cm³/mol. The van der Waals surface area contributed by atoms with E-state index >= 15 is 0 Å². The van der Waals surface area contributed by atoms with E-state index in [1.165, 1.54) is 17.7 Å². The molecule has 0 spiro atoms. The highest BCUT2D eigenvalue weighted by Gasteiger charge is 2.09. The molecular formula is C16H16N2O2S. The molecule has 3 rings (SSSR count). The Hall–Kier alpha value is -1.98. The van der Waals surface area contributed by atoms with Crippen molar-refractivity contribution in [3.63, 3.8) is 0 Å². The predicted octanol–water partition coefficient (Wildman–Crippen LogP) is 2.95. The first-order chi connectivity index (χ1) is 10.2. The highest BCUT2D eigenvalue weighted by atomic mass is 32.1. The third kappa shape index (κ3) is 2.62. The summed E-state index contributed by atoms with van der Waals surface area (Å²) >= 11 is 1.55. The van der Waals surface area contributed by atoms with Gasteiger partial charge in [0, 0.05) is 26.0 Å². The molecule has 1 aromatic heterocycles. The Morgan fingerprint density at radius 3 is 2.86 bits per heavy atom. The molecule has 1 amide bonds. The second-order valence-corrected chi connectivity index (χ2v) is 5.77. The molecule has 0 N–H and O–H groups in total. The number of carbonyl (C=O) groups excluding carboxylic acids is 1. The van der Waals surface area contributed by atoms with Gasteiger partial charge in [0.25, 0.3) is 0 Å². The monoisotopic (exact) mass is 300 g/mol. The summed E-state index contributed by atoms with van der Waals surface area (Å²) in [5.41, 5.74) is 1.09. The number of ether oxygens (including phenoxy) is 1. The van der Waals surface area contributed by atoms with Crippen molar-refractivity contribution >= 4 is 38.2 Å². The van der Waals surface area contributed by atoms with Crippen LogP contribution in [0.2, 0.25) is 0 Å². The van der Waals surface area contributed by atoms with Crippen molar-refractivity contribution in [2.75, 3.05) is 13.7 Å². The normalized spacial score (nSPS) is 12.4. The maximum Gasteiger partial charge on any atom is 0.245 e. The lowest BCUT2D eigenvalue weighted by Crippen LogP contribution is -2.18. The lowest BCUT2D eigenvalue weighted by molar-refractivity contribution is -0.116. The topological polar surface area (TPSA) is 43.6 Å². The zero-order valence-electron chi connectivity index (χ0n) is 12.0. The van der Waals surface area contributed by atoms with Crippen molar-refractivity contribution in [2.45, 2.75) is 13.5 Å². The van der Waals surface area contributed by atoms with Crippen molar-refractivity contribution in [3.05, 3.63) is 41.2 Å². The van der Waals surface area contributed by atoms with Gasteiger partial charge in [-0.15, -0.1) is 0 Å². The number of thiazole rings is 1. The Kier molecular flexibility index (Phi) is 3.86.